The van der Waals surface area contributed by atoms with Crippen molar-refractivity contribution in [3.63, 3.8) is 0 Å². The number of halogens is 1. The molecule has 0 aliphatic carbocycles. The van der Waals surface area contributed by atoms with E-state index in [0.717, 1.165) is 22.0 Å². The monoisotopic (exact) mass is 214 g/mol. The van der Waals surface area contributed by atoms with Gasteiger partial charge in [-0.25, -0.2) is 0 Å². The number of alkyl halides is 1. The smallest absolute Gasteiger partial charge is 0.119 e. The maximum atomic E-state index is 9.39. The summed E-state index contributed by atoms with van der Waals surface area (Å²) in [7, 11) is 0. The fraction of sp³-hybridized carbons (Fsp3) is 0.333. The van der Waals surface area contributed by atoms with E-state index in [0.29, 0.717) is 5.75 Å². The lowest BCUT2D eigenvalue weighted by atomic mass is 10.1. The summed E-state index contributed by atoms with van der Waals surface area (Å²) < 4.78 is 0. The third kappa shape index (κ3) is 1.74. The van der Waals surface area contributed by atoms with Crippen molar-refractivity contribution in [1.82, 2.24) is 0 Å². The van der Waals surface area contributed by atoms with Crippen molar-refractivity contribution in [3.05, 3.63) is 28.8 Å². The number of hydrogen-bond donors (Lipinski definition) is 1. The van der Waals surface area contributed by atoms with Gasteiger partial charge in [-0.15, -0.1) is 0 Å². The van der Waals surface area contributed by atoms with Gasteiger partial charge in [-0.3, -0.25) is 0 Å². The van der Waals surface area contributed by atoms with Gasteiger partial charge in [0, 0.05) is 5.33 Å². The SMILES string of the molecule is Cc1cc(CBr)cc(O)c1C. The molecule has 1 aromatic carbocycles. The predicted octanol–water partition coefficient (Wildman–Crippen LogP) is 2.90. The molecule has 1 N–H and O–H groups in total. The topological polar surface area (TPSA) is 20.2 Å². The van der Waals surface area contributed by atoms with Gasteiger partial charge in [0.2, 0.25) is 0 Å². The fourth-order valence-corrected chi connectivity index (χ4v) is 1.31. The van der Waals surface area contributed by atoms with E-state index in [1.54, 1.807) is 6.07 Å². The largest absolute Gasteiger partial charge is 0.508 e. The van der Waals surface area contributed by atoms with Crippen LogP contribution in [0.4, 0.5) is 0 Å². The number of aromatic hydroxyl groups is 1. The van der Waals surface area contributed by atoms with Crippen LogP contribution < -0.4 is 0 Å². The summed E-state index contributed by atoms with van der Waals surface area (Å²) in [6, 6.07) is 3.86. The van der Waals surface area contributed by atoms with Gasteiger partial charge in [0.1, 0.15) is 5.75 Å². The van der Waals surface area contributed by atoms with Crippen molar-refractivity contribution in [1.29, 1.82) is 0 Å². The molecule has 0 aliphatic heterocycles. The van der Waals surface area contributed by atoms with E-state index in [9.17, 15) is 5.11 Å². The molecule has 1 nitrogen and oxygen atoms in total. The third-order valence-electron chi connectivity index (χ3n) is 1.85. The molecule has 0 bridgehead atoms. The quantitative estimate of drug-likeness (QED) is 0.714. The highest BCUT2D eigenvalue weighted by atomic mass is 79.9. The van der Waals surface area contributed by atoms with E-state index >= 15 is 0 Å². The summed E-state index contributed by atoms with van der Waals surface area (Å²) in [4.78, 5) is 0. The summed E-state index contributed by atoms with van der Waals surface area (Å²) in [5, 5.41) is 10.2. The van der Waals surface area contributed by atoms with Gasteiger partial charge < -0.3 is 5.11 Å². The Morgan fingerprint density at radius 1 is 1.36 bits per heavy atom. The molecule has 2 heteroatoms. The molecule has 0 saturated carbocycles. The molecule has 0 atom stereocenters. The van der Waals surface area contributed by atoms with Gasteiger partial charge in [0.05, 0.1) is 0 Å². The number of phenols is 1. The van der Waals surface area contributed by atoms with Crippen molar-refractivity contribution in [2.45, 2.75) is 19.2 Å². The molecule has 1 aromatic rings. The van der Waals surface area contributed by atoms with Crippen LogP contribution in [0.3, 0.4) is 0 Å². The van der Waals surface area contributed by atoms with E-state index in [4.69, 9.17) is 0 Å². The van der Waals surface area contributed by atoms with Crippen LogP contribution in [-0.2, 0) is 5.33 Å². The van der Waals surface area contributed by atoms with Crippen LogP contribution in [0, 0.1) is 13.8 Å². The van der Waals surface area contributed by atoms with Crippen LogP contribution in [0.15, 0.2) is 12.1 Å². The number of rotatable bonds is 1. The van der Waals surface area contributed by atoms with Crippen molar-refractivity contribution in [2.24, 2.45) is 0 Å². The lowest BCUT2D eigenvalue weighted by Crippen LogP contribution is -1.85. The van der Waals surface area contributed by atoms with Crippen LogP contribution in [0.2, 0.25) is 0 Å². The van der Waals surface area contributed by atoms with Crippen molar-refractivity contribution in [3.8, 4) is 5.75 Å². The van der Waals surface area contributed by atoms with Gasteiger partial charge in [-0.2, -0.15) is 0 Å². The molecule has 0 heterocycles. The van der Waals surface area contributed by atoms with Crippen LogP contribution >= 0.6 is 15.9 Å². The molecule has 0 unspecified atom stereocenters. The summed E-state index contributed by atoms with van der Waals surface area (Å²) in [5.74, 6) is 0.388. The second kappa shape index (κ2) is 3.26. The van der Waals surface area contributed by atoms with E-state index < -0.39 is 0 Å². The zero-order valence-corrected chi connectivity index (χ0v) is 8.27. The molecule has 0 aliphatic rings. The van der Waals surface area contributed by atoms with Gasteiger partial charge in [0.25, 0.3) is 0 Å². The molecule has 1 rings (SSSR count). The number of aryl methyl sites for hydroxylation is 1. The molecule has 0 amide bonds. The Balaban J connectivity index is 3.21. The van der Waals surface area contributed by atoms with E-state index in [1.165, 1.54) is 0 Å². The Bertz CT molecular complexity index is 245. The molecule has 11 heavy (non-hydrogen) atoms. The number of hydrogen-bond acceptors (Lipinski definition) is 1. The minimum atomic E-state index is 0.388. The summed E-state index contributed by atoms with van der Waals surface area (Å²) in [6.07, 6.45) is 0. The molecule has 0 fully saturated rings. The maximum absolute atomic E-state index is 9.39. The van der Waals surface area contributed by atoms with Crippen molar-refractivity contribution in [2.75, 3.05) is 0 Å². The summed E-state index contributed by atoms with van der Waals surface area (Å²) >= 11 is 3.34. The second-order valence-electron chi connectivity index (χ2n) is 2.69. The molecule has 0 saturated heterocycles. The number of benzene rings is 1. The zero-order chi connectivity index (χ0) is 8.43. The first-order chi connectivity index (χ1) is 5.15. The first kappa shape index (κ1) is 8.60. The van der Waals surface area contributed by atoms with Gasteiger partial charge in [-0.1, -0.05) is 22.0 Å². The van der Waals surface area contributed by atoms with Crippen molar-refractivity contribution >= 4 is 15.9 Å². The average molecular weight is 215 g/mol. The Hall–Kier alpha value is -0.500. The predicted molar refractivity (Wildman–Crippen MR) is 50.2 cm³/mol. The molecule has 0 aromatic heterocycles. The Morgan fingerprint density at radius 2 is 2.00 bits per heavy atom. The minimum Gasteiger partial charge on any atom is -0.508 e. The number of phenolic OH excluding ortho intramolecular Hbond substituents is 1. The third-order valence-corrected chi connectivity index (χ3v) is 2.50. The van der Waals surface area contributed by atoms with Crippen LogP contribution in [-0.4, -0.2) is 5.11 Å². The zero-order valence-electron chi connectivity index (χ0n) is 6.69. The molecule has 0 radical (unpaired) electrons. The highest BCUT2D eigenvalue weighted by molar-refractivity contribution is 9.08. The van der Waals surface area contributed by atoms with Gasteiger partial charge in [-0.05, 0) is 36.6 Å². The highest BCUT2D eigenvalue weighted by Gasteiger charge is 2.00. The van der Waals surface area contributed by atoms with Crippen LogP contribution in [0.25, 0.3) is 0 Å². The van der Waals surface area contributed by atoms with E-state index in [-0.39, 0.29) is 0 Å². The van der Waals surface area contributed by atoms with E-state index in [2.05, 4.69) is 22.0 Å². The molecule has 60 valence electrons. The van der Waals surface area contributed by atoms with Gasteiger partial charge >= 0.3 is 0 Å². The minimum absolute atomic E-state index is 0.388. The highest BCUT2D eigenvalue weighted by Crippen LogP contribution is 2.22. The molecular weight excluding hydrogens is 204 g/mol. The Labute approximate surface area is 75.2 Å². The Kier molecular flexibility index (Phi) is 2.55. The second-order valence-corrected chi connectivity index (χ2v) is 3.25. The first-order valence-electron chi connectivity index (χ1n) is 3.50. The fourth-order valence-electron chi connectivity index (χ4n) is 0.991. The normalized spacial score (nSPS) is 10.1. The lowest BCUT2D eigenvalue weighted by molar-refractivity contribution is 0.470. The van der Waals surface area contributed by atoms with Crippen LogP contribution in [0.1, 0.15) is 16.7 Å². The van der Waals surface area contributed by atoms with Crippen LogP contribution in [0.5, 0.6) is 5.75 Å². The molecule has 0 spiro atoms. The van der Waals surface area contributed by atoms with Crippen molar-refractivity contribution < 1.29 is 5.11 Å². The average Bonchev–Trinajstić information content (AvgIpc) is 1.99. The first-order valence-corrected chi connectivity index (χ1v) is 4.62. The van der Waals surface area contributed by atoms with Gasteiger partial charge in [0.15, 0.2) is 0 Å². The maximum Gasteiger partial charge on any atom is 0.119 e. The standard InChI is InChI=1S/C9H11BrO/c1-6-3-8(5-10)4-9(11)7(6)2/h3-4,11H,5H2,1-2H3. The molecular formula is C9H11BrO. The lowest BCUT2D eigenvalue weighted by Gasteiger charge is -2.04. The Morgan fingerprint density at radius 3 is 2.45 bits per heavy atom. The summed E-state index contributed by atoms with van der Waals surface area (Å²) in [6.45, 7) is 3.92. The summed E-state index contributed by atoms with van der Waals surface area (Å²) in [5.41, 5.74) is 3.22. The van der Waals surface area contributed by atoms with E-state index in [1.807, 2.05) is 13.8 Å².